The molecule has 0 spiro atoms. The predicted octanol–water partition coefficient (Wildman–Crippen LogP) is 0.0563. The Labute approximate surface area is 101 Å². The quantitative estimate of drug-likeness (QED) is 0.776. The van der Waals surface area contributed by atoms with Crippen LogP contribution in [0.2, 0.25) is 0 Å². The van der Waals surface area contributed by atoms with E-state index in [9.17, 15) is 4.79 Å². The molecule has 1 aromatic rings. The molecule has 17 heavy (non-hydrogen) atoms. The number of nitrogens with one attached hydrogen (secondary N) is 2. The molecule has 0 bridgehead atoms. The SMILES string of the molecule is CCn1cnnc1CNC(=O)[C@@H]1CCCCN1. The Morgan fingerprint density at radius 3 is 3.24 bits per heavy atom. The molecule has 1 amide bonds. The van der Waals surface area contributed by atoms with Gasteiger partial charge in [0.15, 0.2) is 5.82 Å². The van der Waals surface area contributed by atoms with Gasteiger partial charge in [-0.25, -0.2) is 0 Å². The lowest BCUT2D eigenvalue weighted by molar-refractivity contribution is -0.123. The number of carbonyl (C=O) groups is 1. The molecule has 2 rings (SSSR count). The third-order valence-electron chi connectivity index (χ3n) is 3.08. The number of rotatable bonds is 4. The first kappa shape index (κ1) is 12.0. The number of aromatic nitrogens is 3. The fourth-order valence-electron chi connectivity index (χ4n) is 2.04. The maximum absolute atomic E-state index is 11.9. The van der Waals surface area contributed by atoms with Crippen molar-refractivity contribution in [2.75, 3.05) is 6.54 Å². The molecule has 1 aliphatic heterocycles. The number of piperidine rings is 1. The lowest BCUT2D eigenvalue weighted by atomic mass is 10.0. The number of aryl methyl sites for hydroxylation is 1. The number of nitrogens with zero attached hydrogens (tertiary/aromatic N) is 3. The monoisotopic (exact) mass is 237 g/mol. The van der Waals surface area contributed by atoms with Crippen molar-refractivity contribution in [2.45, 2.75) is 45.3 Å². The van der Waals surface area contributed by atoms with E-state index in [4.69, 9.17) is 0 Å². The largest absolute Gasteiger partial charge is 0.347 e. The number of hydrogen-bond acceptors (Lipinski definition) is 4. The van der Waals surface area contributed by atoms with Gasteiger partial charge in [-0.15, -0.1) is 10.2 Å². The molecule has 1 fully saturated rings. The van der Waals surface area contributed by atoms with E-state index in [1.807, 2.05) is 11.5 Å². The van der Waals surface area contributed by atoms with Crippen LogP contribution in [-0.2, 0) is 17.9 Å². The summed E-state index contributed by atoms with van der Waals surface area (Å²) in [6.45, 7) is 4.23. The summed E-state index contributed by atoms with van der Waals surface area (Å²) in [6, 6.07) is -0.0400. The molecule has 0 aromatic carbocycles. The minimum Gasteiger partial charge on any atom is -0.347 e. The highest BCUT2D eigenvalue weighted by atomic mass is 16.2. The number of carbonyl (C=O) groups excluding carboxylic acids is 1. The molecule has 6 heteroatoms. The van der Waals surface area contributed by atoms with Crippen LogP contribution in [-0.4, -0.2) is 33.3 Å². The van der Waals surface area contributed by atoms with Gasteiger partial charge >= 0.3 is 0 Å². The highest BCUT2D eigenvalue weighted by Crippen LogP contribution is 2.07. The van der Waals surface area contributed by atoms with Gasteiger partial charge < -0.3 is 15.2 Å². The molecule has 1 saturated heterocycles. The molecule has 1 aromatic heterocycles. The van der Waals surface area contributed by atoms with Gasteiger partial charge in [-0.05, 0) is 26.3 Å². The zero-order chi connectivity index (χ0) is 12.1. The molecule has 1 atom stereocenters. The summed E-state index contributed by atoms with van der Waals surface area (Å²) in [5, 5.41) is 13.9. The van der Waals surface area contributed by atoms with Gasteiger partial charge in [-0.3, -0.25) is 4.79 Å². The Morgan fingerprint density at radius 1 is 1.65 bits per heavy atom. The normalized spacial score (nSPS) is 20.2. The molecular weight excluding hydrogens is 218 g/mol. The Bertz CT molecular complexity index is 370. The molecule has 2 heterocycles. The number of hydrogen-bond donors (Lipinski definition) is 2. The Hall–Kier alpha value is -1.43. The van der Waals surface area contributed by atoms with Gasteiger partial charge in [0.1, 0.15) is 6.33 Å². The molecule has 0 saturated carbocycles. The fourth-order valence-corrected chi connectivity index (χ4v) is 2.04. The highest BCUT2D eigenvalue weighted by Gasteiger charge is 2.20. The first-order valence-electron chi connectivity index (χ1n) is 6.19. The van der Waals surface area contributed by atoms with Crippen LogP contribution in [0.15, 0.2) is 6.33 Å². The summed E-state index contributed by atoms with van der Waals surface area (Å²) in [7, 11) is 0. The lowest BCUT2D eigenvalue weighted by Crippen LogP contribution is -2.46. The van der Waals surface area contributed by atoms with E-state index in [0.717, 1.165) is 38.2 Å². The Balaban J connectivity index is 1.83. The standard InChI is InChI=1S/C11H19N5O/c1-2-16-8-14-15-10(16)7-13-11(17)9-5-3-4-6-12-9/h8-9,12H,2-7H2,1H3,(H,13,17)/t9-/m0/s1. The average molecular weight is 237 g/mol. The van der Waals surface area contributed by atoms with E-state index in [0.29, 0.717) is 6.54 Å². The van der Waals surface area contributed by atoms with E-state index in [-0.39, 0.29) is 11.9 Å². The van der Waals surface area contributed by atoms with Crippen LogP contribution >= 0.6 is 0 Å². The van der Waals surface area contributed by atoms with E-state index in [2.05, 4.69) is 20.8 Å². The van der Waals surface area contributed by atoms with E-state index in [1.54, 1.807) is 6.33 Å². The summed E-state index contributed by atoms with van der Waals surface area (Å²) in [4.78, 5) is 11.9. The first-order chi connectivity index (χ1) is 8.31. The van der Waals surface area contributed by atoms with E-state index in [1.165, 1.54) is 0 Å². The fraction of sp³-hybridized carbons (Fsp3) is 0.727. The van der Waals surface area contributed by atoms with Crippen LogP contribution in [0.5, 0.6) is 0 Å². The van der Waals surface area contributed by atoms with Crippen molar-refractivity contribution in [3.8, 4) is 0 Å². The molecule has 1 aliphatic rings. The van der Waals surface area contributed by atoms with Crippen LogP contribution in [0, 0.1) is 0 Å². The van der Waals surface area contributed by atoms with Crippen molar-refractivity contribution in [1.82, 2.24) is 25.4 Å². The minimum atomic E-state index is -0.0400. The zero-order valence-electron chi connectivity index (χ0n) is 10.1. The Kier molecular flexibility index (Phi) is 4.08. The van der Waals surface area contributed by atoms with Gasteiger partial charge in [0, 0.05) is 6.54 Å². The van der Waals surface area contributed by atoms with Crippen LogP contribution in [0.1, 0.15) is 32.0 Å². The van der Waals surface area contributed by atoms with Crippen LogP contribution < -0.4 is 10.6 Å². The summed E-state index contributed by atoms with van der Waals surface area (Å²) in [5.41, 5.74) is 0. The predicted molar refractivity (Wildman–Crippen MR) is 63.2 cm³/mol. The van der Waals surface area contributed by atoms with Crippen LogP contribution in [0.25, 0.3) is 0 Å². The molecule has 0 radical (unpaired) electrons. The number of amides is 1. The second-order valence-corrected chi connectivity index (χ2v) is 4.25. The second-order valence-electron chi connectivity index (χ2n) is 4.25. The first-order valence-corrected chi connectivity index (χ1v) is 6.19. The van der Waals surface area contributed by atoms with Crippen LogP contribution in [0.3, 0.4) is 0 Å². The molecule has 6 nitrogen and oxygen atoms in total. The average Bonchev–Trinajstić information content (AvgIpc) is 2.84. The topological polar surface area (TPSA) is 71.8 Å². The molecule has 0 aliphatic carbocycles. The summed E-state index contributed by atoms with van der Waals surface area (Å²) in [6.07, 6.45) is 4.89. The lowest BCUT2D eigenvalue weighted by Gasteiger charge is -2.22. The van der Waals surface area contributed by atoms with Gasteiger partial charge in [0.2, 0.25) is 5.91 Å². The highest BCUT2D eigenvalue weighted by molar-refractivity contribution is 5.81. The van der Waals surface area contributed by atoms with Gasteiger partial charge in [-0.1, -0.05) is 6.42 Å². The third-order valence-corrected chi connectivity index (χ3v) is 3.08. The molecular formula is C11H19N5O. The summed E-state index contributed by atoms with van der Waals surface area (Å²) >= 11 is 0. The smallest absolute Gasteiger partial charge is 0.237 e. The van der Waals surface area contributed by atoms with Crippen LogP contribution in [0.4, 0.5) is 0 Å². The summed E-state index contributed by atoms with van der Waals surface area (Å²) in [5.74, 6) is 0.868. The van der Waals surface area contributed by atoms with Crippen molar-refractivity contribution in [3.63, 3.8) is 0 Å². The van der Waals surface area contributed by atoms with Crippen molar-refractivity contribution in [2.24, 2.45) is 0 Å². The van der Waals surface area contributed by atoms with Gasteiger partial charge in [0.25, 0.3) is 0 Å². The third kappa shape index (κ3) is 3.03. The van der Waals surface area contributed by atoms with Gasteiger partial charge in [0.05, 0.1) is 12.6 Å². The van der Waals surface area contributed by atoms with E-state index < -0.39 is 0 Å². The van der Waals surface area contributed by atoms with Crippen molar-refractivity contribution < 1.29 is 4.79 Å². The summed E-state index contributed by atoms with van der Waals surface area (Å²) < 4.78 is 1.93. The minimum absolute atomic E-state index is 0.0400. The molecule has 0 unspecified atom stereocenters. The second kappa shape index (κ2) is 5.77. The Morgan fingerprint density at radius 2 is 2.53 bits per heavy atom. The maximum atomic E-state index is 11.9. The van der Waals surface area contributed by atoms with Crippen molar-refractivity contribution in [3.05, 3.63) is 12.2 Å². The maximum Gasteiger partial charge on any atom is 0.237 e. The van der Waals surface area contributed by atoms with Gasteiger partial charge in [-0.2, -0.15) is 0 Å². The van der Waals surface area contributed by atoms with Crippen molar-refractivity contribution in [1.29, 1.82) is 0 Å². The molecule has 2 N–H and O–H groups in total. The van der Waals surface area contributed by atoms with E-state index >= 15 is 0 Å². The zero-order valence-corrected chi connectivity index (χ0v) is 10.1. The molecule has 94 valence electrons. The van der Waals surface area contributed by atoms with Crippen molar-refractivity contribution >= 4 is 5.91 Å².